The summed E-state index contributed by atoms with van der Waals surface area (Å²) in [6.07, 6.45) is 0.580. The molecule has 0 saturated carbocycles. The first kappa shape index (κ1) is 28.6. The van der Waals surface area contributed by atoms with Crippen molar-refractivity contribution in [3.8, 4) is 0 Å². The number of carbonyl (C=O) groups excluding carboxylic acids is 3. The van der Waals surface area contributed by atoms with Crippen molar-refractivity contribution in [2.75, 3.05) is 6.54 Å². The Morgan fingerprint density at radius 1 is 1.16 bits per heavy atom. The Bertz CT molecular complexity index is 1200. The maximum atomic E-state index is 13.4. The van der Waals surface area contributed by atoms with Crippen molar-refractivity contribution in [2.24, 2.45) is 5.73 Å². The Hall–Kier alpha value is -3.97. The van der Waals surface area contributed by atoms with Crippen LogP contribution < -0.4 is 16.4 Å². The van der Waals surface area contributed by atoms with Crippen LogP contribution >= 0.6 is 0 Å². The van der Waals surface area contributed by atoms with Crippen molar-refractivity contribution in [1.29, 1.82) is 0 Å². The van der Waals surface area contributed by atoms with Crippen molar-refractivity contribution in [3.63, 3.8) is 0 Å². The molecule has 13 nitrogen and oxygen atoms in total. The van der Waals surface area contributed by atoms with Gasteiger partial charge in [-0.2, -0.15) is 0 Å². The number of likely N-dealkylation sites (tertiary alicyclic amines) is 1. The van der Waals surface area contributed by atoms with Crippen LogP contribution in [0.2, 0.25) is 0 Å². The maximum absolute atomic E-state index is 13.4. The predicted molar refractivity (Wildman–Crippen MR) is 135 cm³/mol. The highest BCUT2D eigenvalue weighted by Gasteiger charge is 2.39. The quantitative estimate of drug-likeness (QED) is 0.184. The molecule has 1 aliphatic rings. The maximum Gasteiger partial charge on any atom is 0.328 e. The number of H-pyrrole nitrogens is 1. The summed E-state index contributed by atoms with van der Waals surface area (Å²) in [4.78, 5) is 66.0. The lowest BCUT2D eigenvalue weighted by Gasteiger charge is -2.30. The van der Waals surface area contributed by atoms with E-state index in [9.17, 15) is 34.2 Å². The number of aromatic nitrogens is 1. The smallest absolute Gasteiger partial charge is 0.328 e. The number of hydrogen-bond donors (Lipinski definition) is 7. The van der Waals surface area contributed by atoms with E-state index in [0.29, 0.717) is 6.42 Å². The van der Waals surface area contributed by atoms with E-state index >= 15 is 0 Å². The number of nitrogens with one attached hydrogen (secondary N) is 3. The van der Waals surface area contributed by atoms with Gasteiger partial charge in [-0.05, 0) is 44.2 Å². The molecule has 206 valence electrons. The van der Waals surface area contributed by atoms with Gasteiger partial charge in [-0.15, -0.1) is 0 Å². The van der Waals surface area contributed by atoms with Gasteiger partial charge in [-0.25, -0.2) is 4.79 Å². The first-order valence-electron chi connectivity index (χ1n) is 12.3. The van der Waals surface area contributed by atoms with Gasteiger partial charge in [0.25, 0.3) is 0 Å². The van der Waals surface area contributed by atoms with Gasteiger partial charge in [0.05, 0.1) is 12.1 Å². The van der Waals surface area contributed by atoms with Crippen LogP contribution in [0.4, 0.5) is 0 Å². The number of aromatic amines is 1. The number of nitrogens with two attached hydrogens (primary N) is 1. The molecule has 8 N–H and O–H groups in total. The first-order chi connectivity index (χ1) is 18.0. The second-order valence-corrected chi connectivity index (χ2v) is 9.42. The zero-order valence-corrected chi connectivity index (χ0v) is 20.9. The Kier molecular flexibility index (Phi) is 9.42. The molecule has 0 radical (unpaired) electrons. The highest BCUT2D eigenvalue weighted by Crippen LogP contribution is 2.21. The van der Waals surface area contributed by atoms with Gasteiger partial charge in [0.2, 0.25) is 17.7 Å². The molecular weight excluding hydrogens is 498 g/mol. The number of nitrogens with zero attached hydrogens (tertiary/aromatic N) is 1. The fourth-order valence-electron chi connectivity index (χ4n) is 4.58. The monoisotopic (exact) mass is 531 g/mol. The zero-order chi connectivity index (χ0) is 28.0. The lowest BCUT2D eigenvalue weighted by molar-refractivity contribution is -0.147. The minimum absolute atomic E-state index is 0.157. The molecule has 5 atom stereocenters. The molecule has 0 aliphatic carbocycles. The summed E-state index contributed by atoms with van der Waals surface area (Å²) in [5.41, 5.74) is 7.82. The van der Waals surface area contributed by atoms with Crippen LogP contribution in [0.25, 0.3) is 10.9 Å². The van der Waals surface area contributed by atoms with Crippen LogP contribution in [0.5, 0.6) is 0 Å². The Morgan fingerprint density at radius 2 is 1.87 bits per heavy atom. The van der Waals surface area contributed by atoms with Crippen molar-refractivity contribution in [2.45, 2.75) is 69.3 Å². The van der Waals surface area contributed by atoms with E-state index in [2.05, 4.69) is 15.6 Å². The Labute approximate surface area is 218 Å². The van der Waals surface area contributed by atoms with E-state index in [1.165, 1.54) is 11.8 Å². The van der Waals surface area contributed by atoms with Gasteiger partial charge in [0, 0.05) is 30.1 Å². The summed E-state index contributed by atoms with van der Waals surface area (Å²) >= 11 is 0. The lowest BCUT2D eigenvalue weighted by Crippen LogP contribution is -2.58. The fourth-order valence-corrected chi connectivity index (χ4v) is 4.58. The van der Waals surface area contributed by atoms with Crippen LogP contribution in [0.15, 0.2) is 30.5 Å². The summed E-state index contributed by atoms with van der Waals surface area (Å²) in [5.74, 6) is -4.68. The topological polar surface area (TPSA) is 215 Å². The third-order valence-corrected chi connectivity index (χ3v) is 6.60. The Morgan fingerprint density at radius 3 is 2.53 bits per heavy atom. The number of aliphatic hydroxyl groups is 1. The van der Waals surface area contributed by atoms with Crippen LogP contribution in [0, 0.1) is 0 Å². The second kappa shape index (κ2) is 12.5. The molecule has 2 aromatic rings. The zero-order valence-electron chi connectivity index (χ0n) is 20.9. The van der Waals surface area contributed by atoms with Gasteiger partial charge in [-0.1, -0.05) is 18.2 Å². The molecule has 1 saturated heterocycles. The van der Waals surface area contributed by atoms with Crippen LogP contribution in [-0.4, -0.2) is 91.7 Å². The minimum atomic E-state index is -1.56. The molecule has 1 aromatic carbocycles. The van der Waals surface area contributed by atoms with E-state index < -0.39 is 66.4 Å². The van der Waals surface area contributed by atoms with Crippen molar-refractivity contribution in [1.82, 2.24) is 20.5 Å². The number of carbonyl (C=O) groups is 5. The number of rotatable bonds is 12. The van der Waals surface area contributed by atoms with Gasteiger partial charge in [0.15, 0.2) is 6.04 Å². The average Bonchev–Trinajstić information content (AvgIpc) is 3.51. The van der Waals surface area contributed by atoms with E-state index in [-0.39, 0.29) is 25.8 Å². The molecule has 3 amide bonds. The van der Waals surface area contributed by atoms with E-state index in [1.807, 2.05) is 24.3 Å². The molecular formula is C25H33N5O8. The third kappa shape index (κ3) is 6.86. The molecule has 38 heavy (non-hydrogen) atoms. The number of carboxylic acid groups (broad SMARTS) is 2. The molecule has 1 fully saturated rings. The molecule has 1 aliphatic heterocycles. The van der Waals surface area contributed by atoms with Gasteiger partial charge < -0.3 is 41.6 Å². The average molecular weight is 532 g/mol. The molecule has 2 heterocycles. The molecule has 0 spiro atoms. The normalized spacial score (nSPS) is 18.4. The van der Waals surface area contributed by atoms with Crippen LogP contribution in [0.3, 0.4) is 0 Å². The van der Waals surface area contributed by atoms with Crippen molar-refractivity contribution in [3.05, 3.63) is 36.0 Å². The largest absolute Gasteiger partial charge is 0.481 e. The number of carboxylic acids is 2. The van der Waals surface area contributed by atoms with Gasteiger partial charge in [-0.3, -0.25) is 19.2 Å². The molecule has 1 aromatic heterocycles. The molecule has 5 unspecified atom stereocenters. The number of fused-ring (bicyclic) bond motifs is 1. The Balaban J connectivity index is 1.72. The van der Waals surface area contributed by atoms with E-state index in [1.54, 1.807) is 6.20 Å². The summed E-state index contributed by atoms with van der Waals surface area (Å²) < 4.78 is 0. The fraction of sp³-hybridized carbons (Fsp3) is 0.480. The first-order valence-corrected chi connectivity index (χ1v) is 12.3. The number of aliphatic carboxylic acids is 2. The van der Waals surface area contributed by atoms with Crippen LogP contribution in [0.1, 0.15) is 38.2 Å². The lowest BCUT2D eigenvalue weighted by atomic mass is 10.0. The van der Waals surface area contributed by atoms with Crippen LogP contribution in [-0.2, 0) is 30.4 Å². The van der Waals surface area contributed by atoms with Gasteiger partial charge in [0.1, 0.15) is 12.1 Å². The minimum Gasteiger partial charge on any atom is -0.481 e. The summed E-state index contributed by atoms with van der Waals surface area (Å²) in [6.45, 7) is 1.37. The SMILES string of the molecule is CC(O)C(NC(=O)C1CCCN1C(=O)C(CCC(=O)O)NC(=O)C(N)Cc1c[nH]c2ccccc12)C(=O)O. The van der Waals surface area contributed by atoms with Crippen molar-refractivity contribution < 1.29 is 39.3 Å². The number of amides is 3. The molecule has 0 bridgehead atoms. The molecule has 3 rings (SSSR count). The third-order valence-electron chi connectivity index (χ3n) is 6.60. The summed E-state index contributed by atoms with van der Waals surface area (Å²) in [5, 5.41) is 33.8. The number of para-hydroxylation sites is 1. The standard InChI is InChI=1S/C25H33N5O8/c1-13(31)21(25(37)38)29-23(35)19-7-4-10-30(19)24(36)18(8-9-20(32)33)28-22(34)16(26)11-14-12-27-17-6-3-2-5-15(14)17/h2-3,5-6,12-13,16,18-19,21,27,31H,4,7-11,26H2,1H3,(H,28,34)(H,29,35)(H,32,33)(H,37,38). The number of hydrogen-bond acceptors (Lipinski definition) is 7. The summed E-state index contributed by atoms with van der Waals surface area (Å²) in [6, 6.07) is 2.60. The van der Waals surface area contributed by atoms with Crippen molar-refractivity contribution >= 4 is 40.6 Å². The van der Waals surface area contributed by atoms with Gasteiger partial charge >= 0.3 is 11.9 Å². The van der Waals surface area contributed by atoms with E-state index in [0.717, 1.165) is 16.5 Å². The van der Waals surface area contributed by atoms with E-state index in [4.69, 9.17) is 10.8 Å². The molecule has 13 heteroatoms. The highest BCUT2D eigenvalue weighted by molar-refractivity contribution is 5.95. The summed E-state index contributed by atoms with van der Waals surface area (Å²) in [7, 11) is 0. The predicted octanol–water partition coefficient (Wildman–Crippen LogP) is -0.671. The number of aliphatic hydroxyl groups excluding tert-OH is 1. The number of benzene rings is 1. The highest BCUT2D eigenvalue weighted by atomic mass is 16.4. The second-order valence-electron chi connectivity index (χ2n) is 9.42.